The Labute approximate surface area is 136 Å². The van der Waals surface area contributed by atoms with Crippen molar-refractivity contribution < 1.29 is 9.72 Å². The summed E-state index contributed by atoms with van der Waals surface area (Å²) in [5.74, 6) is 0.0237. The number of rotatable bonds is 3. The molecule has 21 heavy (non-hydrogen) atoms. The molecular weight excluding hydrogens is 387 g/mol. The largest absolute Gasteiger partial charge is 0.357 e. The molecule has 0 aliphatic carbocycles. The number of benzene rings is 1. The van der Waals surface area contributed by atoms with Crippen LogP contribution < -0.4 is 10.2 Å². The summed E-state index contributed by atoms with van der Waals surface area (Å²) in [7, 11) is 3.46. The molecule has 0 radical (unpaired) electrons. The summed E-state index contributed by atoms with van der Waals surface area (Å²) in [5, 5.41) is 14.1. The number of nitrogens with one attached hydrogen (secondary N) is 1. The number of nitrogens with zero attached hydrogens (tertiary/aromatic N) is 3. The van der Waals surface area contributed by atoms with Crippen LogP contribution in [-0.2, 0) is 4.79 Å². The van der Waals surface area contributed by atoms with Gasteiger partial charge in [-0.3, -0.25) is 14.9 Å². The highest BCUT2D eigenvalue weighted by Crippen LogP contribution is 2.28. The van der Waals surface area contributed by atoms with Crippen LogP contribution in [0, 0.1) is 13.7 Å². The number of amides is 1. The maximum Gasteiger partial charge on any atom is 0.282 e. The van der Waals surface area contributed by atoms with E-state index in [2.05, 4.69) is 5.32 Å². The van der Waals surface area contributed by atoms with Crippen LogP contribution in [0.5, 0.6) is 0 Å². The minimum Gasteiger partial charge on any atom is -0.357 e. The van der Waals surface area contributed by atoms with Gasteiger partial charge in [0.05, 0.1) is 8.49 Å². The van der Waals surface area contributed by atoms with Gasteiger partial charge in [0, 0.05) is 45.5 Å². The first-order valence-corrected chi connectivity index (χ1v) is 7.62. The van der Waals surface area contributed by atoms with Crippen LogP contribution in [0.25, 0.3) is 0 Å². The molecule has 1 aromatic rings. The Morgan fingerprint density at radius 2 is 2.24 bits per heavy atom. The fourth-order valence-corrected chi connectivity index (χ4v) is 3.05. The summed E-state index contributed by atoms with van der Waals surface area (Å²) < 4.78 is 0.574. The molecule has 1 saturated heterocycles. The molecule has 1 amide bonds. The number of nitro groups is 1. The van der Waals surface area contributed by atoms with E-state index < -0.39 is 4.92 Å². The number of likely N-dealkylation sites (N-methyl/N-ethyl adjacent to an activating group) is 1. The molecule has 2 rings (SSSR count). The molecule has 7 nitrogen and oxygen atoms in total. The van der Waals surface area contributed by atoms with Gasteiger partial charge < -0.3 is 15.1 Å². The highest BCUT2D eigenvalue weighted by Gasteiger charge is 2.30. The van der Waals surface area contributed by atoms with Crippen LogP contribution in [0.3, 0.4) is 0 Å². The Morgan fingerprint density at radius 1 is 1.52 bits per heavy atom. The second kappa shape index (κ2) is 6.56. The first-order valence-electron chi connectivity index (χ1n) is 6.54. The molecule has 1 aliphatic rings. The lowest BCUT2D eigenvalue weighted by Gasteiger charge is -2.38. The normalized spacial score (nSPS) is 18.4. The molecule has 1 N–H and O–H groups in total. The van der Waals surface area contributed by atoms with Gasteiger partial charge in [-0.25, -0.2) is 0 Å². The van der Waals surface area contributed by atoms with Gasteiger partial charge >= 0.3 is 0 Å². The minimum atomic E-state index is -0.397. The van der Waals surface area contributed by atoms with Crippen molar-refractivity contribution >= 4 is 39.9 Å². The van der Waals surface area contributed by atoms with Crippen LogP contribution >= 0.6 is 22.6 Å². The third-order valence-electron chi connectivity index (χ3n) is 3.43. The zero-order valence-electron chi connectivity index (χ0n) is 11.9. The summed E-state index contributed by atoms with van der Waals surface area (Å²) in [6.07, 6.45) is 0. The van der Waals surface area contributed by atoms with E-state index in [-0.39, 0.29) is 17.6 Å². The minimum absolute atomic E-state index is 0.0237. The zero-order chi connectivity index (χ0) is 15.6. The summed E-state index contributed by atoms with van der Waals surface area (Å²) in [6, 6.07) is 4.68. The third kappa shape index (κ3) is 3.43. The highest BCUT2D eigenvalue weighted by atomic mass is 127. The number of piperazine rings is 1. The molecule has 0 saturated carbocycles. The molecule has 114 valence electrons. The van der Waals surface area contributed by atoms with Gasteiger partial charge in [0.1, 0.15) is 6.04 Å². The molecule has 8 heteroatoms. The number of carbonyl (C=O) groups excluding carboxylic acids is 1. The van der Waals surface area contributed by atoms with Gasteiger partial charge in [-0.2, -0.15) is 0 Å². The maximum absolute atomic E-state index is 12.3. The van der Waals surface area contributed by atoms with Crippen molar-refractivity contribution in [2.75, 3.05) is 38.6 Å². The second-order valence-electron chi connectivity index (χ2n) is 5.04. The number of halogens is 1. The Bertz CT molecular complexity index is 564. The Kier molecular flexibility index (Phi) is 4.99. The number of nitro benzene ring substituents is 1. The number of hydrogen-bond acceptors (Lipinski definition) is 5. The maximum atomic E-state index is 12.3. The van der Waals surface area contributed by atoms with Crippen LogP contribution in [-0.4, -0.2) is 55.5 Å². The van der Waals surface area contributed by atoms with E-state index in [4.69, 9.17) is 0 Å². The molecule has 1 aromatic carbocycles. The van der Waals surface area contributed by atoms with E-state index >= 15 is 0 Å². The molecule has 0 aromatic heterocycles. The summed E-state index contributed by atoms with van der Waals surface area (Å²) in [5.41, 5.74) is 0.927. The second-order valence-corrected chi connectivity index (χ2v) is 6.20. The molecule has 0 spiro atoms. The topological polar surface area (TPSA) is 78.7 Å². The quantitative estimate of drug-likeness (QED) is 0.463. The first kappa shape index (κ1) is 16.0. The van der Waals surface area contributed by atoms with Crippen molar-refractivity contribution in [3.05, 3.63) is 31.9 Å². The lowest BCUT2D eigenvalue weighted by atomic mass is 10.1. The lowest BCUT2D eigenvalue weighted by Crippen LogP contribution is -2.57. The van der Waals surface area contributed by atoms with Gasteiger partial charge in [-0.05, 0) is 34.7 Å². The van der Waals surface area contributed by atoms with Gasteiger partial charge in [-0.15, -0.1) is 0 Å². The fourth-order valence-electron chi connectivity index (χ4n) is 2.35. The summed E-state index contributed by atoms with van der Waals surface area (Å²) >= 11 is 1.96. The molecule has 1 fully saturated rings. The van der Waals surface area contributed by atoms with Crippen LogP contribution in [0.1, 0.15) is 0 Å². The Hall–Kier alpha value is -1.42. The Balaban J connectivity index is 2.31. The van der Waals surface area contributed by atoms with Gasteiger partial charge in [0.2, 0.25) is 5.91 Å². The van der Waals surface area contributed by atoms with E-state index in [1.165, 1.54) is 6.07 Å². The monoisotopic (exact) mass is 404 g/mol. The SMILES string of the molecule is CN(C)C(=O)C1CNCCN1c1ccc([N+](=O)[O-])c(I)c1. The number of carbonyl (C=O) groups is 1. The van der Waals surface area contributed by atoms with E-state index in [1.54, 1.807) is 31.1 Å². The fraction of sp³-hybridized carbons (Fsp3) is 0.462. The number of anilines is 1. The van der Waals surface area contributed by atoms with Gasteiger partial charge in [0.15, 0.2) is 0 Å². The van der Waals surface area contributed by atoms with Crippen molar-refractivity contribution in [3.8, 4) is 0 Å². The van der Waals surface area contributed by atoms with E-state index in [0.29, 0.717) is 16.7 Å². The summed E-state index contributed by atoms with van der Waals surface area (Å²) in [6.45, 7) is 2.05. The molecular formula is C13H17IN4O3. The predicted molar refractivity (Wildman–Crippen MR) is 88.5 cm³/mol. The van der Waals surface area contributed by atoms with Crippen molar-refractivity contribution in [1.29, 1.82) is 0 Å². The lowest BCUT2D eigenvalue weighted by molar-refractivity contribution is -0.385. The van der Waals surface area contributed by atoms with Crippen molar-refractivity contribution in [2.24, 2.45) is 0 Å². The smallest absolute Gasteiger partial charge is 0.282 e. The molecule has 1 atom stereocenters. The van der Waals surface area contributed by atoms with Crippen molar-refractivity contribution in [3.63, 3.8) is 0 Å². The van der Waals surface area contributed by atoms with Crippen LogP contribution in [0.15, 0.2) is 18.2 Å². The first-order chi connectivity index (χ1) is 9.91. The van der Waals surface area contributed by atoms with Gasteiger partial charge in [-0.1, -0.05) is 0 Å². The van der Waals surface area contributed by atoms with E-state index in [1.807, 2.05) is 27.5 Å². The predicted octanol–water partition coefficient (Wildman–Crippen LogP) is 1.07. The molecule has 1 aliphatic heterocycles. The van der Waals surface area contributed by atoms with Crippen LogP contribution in [0.2, 0.25) is 0 Å². The van der Waals surface area contributed by atoms with Crippen molar-refractivity contribution in [2.45, 2.75) is 6.04 Å². The Morgan fingerprint density at radius 3 is 2.81 bits per heavy atom. The highest BCUT2D eigenvalue weighted by molar-refractivity contribution is 14.1. The van der Waals surface area contributed by atoms with E-state index in [0.717, 1.165) is 12.2 Å². The van der Waals surface area contributed by atoms with E-state index in [9.17, 15) is 14.9 Å². The standard InChI is InChI=1S/C13H17IN4O3/c1-16(2)13(19)12-8-15-5-6-17(12)9-3-4-11(18(20)21)10(14)7-9/h3-4,7,12,15H,5-6,8H2,1-2H3. The van der Waals surface area contributed by atoms with Crippen molar-refractivity contribution in [1.82, 2.24) is 10.2 Å². The molecule has 1 heterocycles. The molecule has 0 bridgehead atoms. The number of hydrogen-bond donors (Lipinski definition) is 1. The van der Waals surface area contributed by atoms with Crippen LogP contribution in [0.4, 0.5) is 11.4 Å². The summed E-state index contributed by atoms with van der Waals surface area (Å²) in [4.78, 5) is 26.3. The zero-order valence-corrected chi connectivity index (χ0v) is 14.0. The third-order valence-corrected chi connectivity index (χ3v) is 4.29. The average Bonchev–Trinajstić information content (AvgIpc) is 2.45. The average molecular weight is 404 g/mol. The molecule has 1 unspecified atom stereocenters. The van der Waals surface area contributed by atoms with Gasteiger partial charge in [0.25, 0.3) is 5.69 Å².